The Balaban J connectivity index is 1.73. The normalized spacial score (nSPS) is 11.8. The maximum atomic E-state index is 13.0. The second kappa shape index (κ2) is 7.35. The zero-order chi connectivity index (χ0) is 18.7. The van der Waals surface area contributed by atoms with E-state index in [2.05, 4.69) is 26.0 Å². The molecule has 3 N–H and O–H groups in total. The first-order chi connectivity index (χ1) is 12.4. The zero-order valence-electron chi connectivity index (χ0n) is 14.8. The number of nitrogens with one attached hydrogen (secondary N) is 3. The van der Waals surface area contributed by atoms with Crippen molar-refractivity contribution in [1.82, 2.24) is 20.7 Å². The molecule has 3 rings (SSSR count). The van der Waals surface area contributed by atoms with E-state index in [4.69, 9.17) is 0 Å². The first-order valence-corrected chi connectivity index (χ1v) is 8.25. The fraction of sp³-hybridized carbons (Fsp3) is 0.211. The van der Waals surface area contributed by atoms with Crippen LogP contribution in [0.4, 0.5) is 15.9 Å². The average molecular weight is 353 g/mol. The highest BCUT2D eigenvalue weighted by Crippen LogP contribution is 2.21. The highest BCUT2D eigenvalue weighted by atomic mass is 19.1. The molecule has 0 aliphatic rings. The van der Waals surface area contributed by atoms with Crippen molar-refractivity contribution >= 4 is 17.4 Å². The van der Waals surface area contributed by atoms with E-state index in [1.807, 2.05) is 39.0 Å². The van der Waals surface area contributed by atoms with Crippen molar-refractivity contribution in [3.8, 4) is 0 Å². The van der Waals surface area contributed by atoms with Gasteiger partial charge in [-0.3, -0.25) is 4.79 Å². The van der Waals surface area contributed by atoms with Gasteiger partial charge in [0.25, 0.3) is 5.91 Å². The molecule has 0 saturated heterocycles. The van der Waals surface area contributed by atoms with Crippen molar-refractivity contribution in [2.45, 2.75) is 26.8 Å². The van der Waals surface area contributed by atoms with Gasteiger partial charge in [-0.15, -0.1) is 10.2 Å². The molecular weight excluding hydrogens is 333 g/mol. The molecule has 1 heterocycles. The van der Waals surface area contributed by atoms with Crippen LogP contribution in [-0.4, -0.2) is 21.3 Å². The van der Waals surface area contributed by atoms with Gasteiger partial charge in [-0.05, 0) is 61.7 Å². The van der Waals surface area contributed by atoms with Crippen LogP contribution in [0.1, 0.15) is 40.1 Å². The Morgan fingerprint density at radius 2 is 1.81 bits per heavy atom. The number of H-pyrrole nitrogens is 1. The Labute approximate surface area is 150 Å². The van der Waals surface area contributed by atoms with Gasteiger partial charge in [0, 0.05) is 5.69 Å². The van der Waals surface area contributed by atoms with Crippen molar-refractivity contribution in [2.75, 3.05) is 5.32 Å². The van der Waals surface area contributed by atoms with E-state index >= 15 is 0 Å². The number of rotatable bonds is 5. The fourth-order valence-corrected chi connectivity index (χ4v) is 2.53. The van der Waals surface area contributed by atoms with Crippen LogP contribution in [0.25, 0.3) is 0 Å². The molecule has 6 nitrogen and oxygen atoms in total. The Bertz CT molecular complexity index is 920. The number of aryl methyl sites for hydroxylation is 2. The van der Waals surface area contributed by atoms with E-state index in [0.717, 1.165) is 16.8 Å². The minimum absolute atomic E-state index is 0.164. The number of halogens is 1. The van der Waals surface area contributed by atoms with Gasteiger partial charge in [-0.1, -0.05) is 18.2 Å². The van der Waals surface area contributed by atoms with Gasteiger partial charge in [-0.25, -0.2) is 4.39 Å². The minimum atomic E-state index is -0.373. The number of amides is 1. The highest BCUT2D eigenvalue weighted by molar-refractivity contribution is 5.97. The van der Waals surface area contributed by atoms with E-state index < -0.39 is 0 Å². The molecule has 1 atom stereocenters. The molecule has 0 spiro atoms. The summed E-state index contributed by atoms with van der Waals surface area (Å²) in [5.41, 5.74) is 4.10. The van der Waals surface area contributed by atoms with E-state index in [1.165, 1.54) is 17.7 Å². The maximum absolute atomic E-state index is 13.0. The summed E-state index contributed by atoms with van der Waals surface area (Å²) in [5, 5.41) is 16.4. The lowest BCUT2D eigenvalue weighted by Gasteiger charge is -2.14. The molecule has 134 valence electrons. The summed E-state index contributed by atoms with van der Waals surface area (Å²) in [4.78, 5) is 12.5. The summed E-state index contributed by atoms with van der Waals surface area (Å²) in [6.07, 6.45) is 0. The number of anilines is 2. The number of nitrogens with zero attached hydrogens (tertiary/aromatic N) is 2. The van der Waals surface area contributed by atoms with E-state index in [9.17, 15) is 9.18 Å². The SMILES string of the molecule is Cc1ccc(Nc2n[nH]nc2C(=O)N[C@H](C)c2ccc(F)cc2)cc1C. The van der Waals surface area contributed by atoms with Crippen LogP contribution in [0.5, 0.6) is 0 Å². The van der Waals surface area contributed by atoms with E-state index in [1.54, 1.807) is 12.1 Å². The molecule has 0 aliphatic heterocycles. The van der Waals surface area contributed by atoms with Crippen LogP contribution in [0.2, 0.25) is 0 Å². The summed E-state index contributed by atoms with van der Waals surface area (Å²) in [5.74, 6) is -0.345. The zero-order valence-corrected chi connectivity index (χ0v) is 14.8. The summed E-state index contributed by atoms with van der Waals surface area (Å²) in [7, 11) is 0. The molecule has 0 unspecified atom stereocenters. The molecule has 1 amide bonds. The Morgan fingerprint density at radius 1 is 1.08 bits per heavy atom. The summed E-state index contributed by atoms with van der Waals surface area (Å²) < 4.78 is 13.0. The van der Waals surface area contributed by atoms with Crippen LogP contribution in [0.3, 0.4) is 0 Å². The number of aromatic amines is 1. The Hall–Kier alpha value is -3.22. The highest BCUT2D eigenvalue weighted by Gasteiger charge is 2.19. The van der Waals surface area contributed by atoms with Gasteiger partial charge in [-0.2, -0.15) is 5.21 Å². The van der Waals surface area contributed by atoms with Crippen molar-refractivity contribution in [2.24, 2.45) is 0 Å². The first kappa shape index (κ1) is 17.6. The smallest absolute Gasteiger partial charge is 0.276 e. The number of aromatic nitrogens is 3. The molecule has 0 aliphatic carbocycles. The molecule has 3 aromatic rings. The van der Waals surface area contributed by atoms with Gasteiger partial charge < -0.3 is 10.6 Å². The molecule has 7 heteroatoms. The molecule has 1 aromatic heterocycles. The van der Waals surface area contributed by atoms with Gasteiger partial charge in [0.2, 0.25) is 0 Å². The first-order valence-electron chi connectivity index (χ1n) is 8.25. The standard InChI is InChI=1S/C19H20FN5O/c1-11-4-9-16(10-12(11)2)22-18-17(23-25-24-18)19(26)21-13(3)14-5-7-15(20)8-6-14/h4-10,13H,1-3H3,(H,21,26)(H2,22,23,24,25)/t13-/m1/s1. The molecule has 2 aromatic carbocycles. The number of hydrogen-bond acceptors (Lipinski definition) is 4. The second-order valence-corrected chi connectivity index (χ2v) is 6.19. The fourth-order valence-electron chi connectivity index (χ4n) is 2.53. The van der Waals surface area contributed by atoms with Gasteiger partial charge in [0.15, 0.2) is 11.5 Å². The number of carbonyl (C=O) groups excluding carboxylic acids is 1. The van der Waals surface area contributed by atoms with Crippen molar-refractivity contribution in [3.05, 3.63) is 70.7 Å². The van der Waals surface area contributed by atoms with Crippen LogP contribution in [0, 0.1) is 19.7 Å². The van der Waals surface area contributed by atoms with Crippen LogP contribution in [-0.2, 0) is 0 Å². The van der Waals surface area contributed by atoms with Crippen LogP contribution >= 0.6 is 0 Å². The van der Waals surface area contributed by atoms with Crippen LogP contribution < -0.4 is 10.6 Å². The minimum Gasteiger partial charge on any atom is -0.344 e. The lowest BCUT2D eigenvalue weighted by molar-refractivity contribution is 0.0935. The molecule has 0 fully saturated rings. The quantitative estimate of drug-likeness (QED) is 0.652. The summed E-state index contributed by atoms with van der Waals surface area (Å²) in [6.45, 7) is 5.87. The number of benzene rings is 2. The molecule has 0 saturated carbocycles. The third-order valence-electron chi connectivity index (χ3n) is 4.25. The van der Waals surface area contributed by atoms with Gasteiger partial charge in [0.05, 0.1) is 6.04 Å². The largest absolute Gasteiger partial charge is 0.344 e. The maximum Gasteiger partial charge on any atom is 0.276 e. The number of hydrogen-bond donors (Lipinski definition) is 3. The second-order valence-electron chi connectivity index (χ2n) is 6.19. The molecule has 0 radical (unpaired) electrons. The Kier molecular flexibility index (Phi) is 4.97. The van der Waals surface area contributed by atoms with E-state index in [0.29, 0.717) is 5.82 Å². The van der Waals surface area contributed by atoms with Crippen molar-refractivity contribution < 1.29 is 9.18 Å². The topological polar surface area (TPSA) is 82.7 Å². The monoisotopic (exact) mass is 353 g/mol. The third-order valence-corrected chi connectivity index (χ3v) is 4.25. The summed E-state index contributed by atoms with van der Waals surface area (Å²) >= 11 is 0. The number of carbonyl (C=O) groups is 1. The third kappa shape index (κ3) is 3.88. The van der Waals surface area contributed by atoms with Crippen molar-refractivity contribution in [1.29, 1.82) is 0 Å². The Morgan fingerprint density at radius 3 is 2.50 bits per heavy atom. The lowest BCUT2D eigenvalue weighted by Crippen LogP contribution is -2.27. The molecular formula is C19H20FN5O. The molecule has 0 bridgehead atoms. The van der Waals surface area contributed by atoms with E-state index in [-0.39, 0.29) is 23.5 Å². The average Bonchev–Trinajstić information content (AvgIpc) is 3.07. The van der Waals surface area contributed by atoms with Gasteiger partial charge in [0.1, 0.15) is 5.82 Å². The van der Waals surface area contributed by atoms with Gasteiger partial charge >= 0.3 is 0 Å². The predicted octanol–water partition coefficient (Wildman–Crippen LogP) is 3.80. The lowest BCUT2D eigenvalue weighted by atomic mass is 10.1. The van der Waals surface area contributed by atoms with Crippen LogP contribution in [0.15, 0.2) is 42.5 Å². The summed E-state index contributed by atoms with van der Waals surface area (Å²) in [6, 6.07) is 11.6. The predicted molar refractivity (Wildman–Crippen MR) is 97.9 cm³/mol. The molecule has 26 heavy (non-hydrogen) atoms. The van der Waals surface area contributed by atoms with Crippen molar-refractivity contribution in [3.63, 3.8) is 0 Å².